The molecule has 0 radical (unpaired) electrons. The molecular weight excluding hydrogens is 332 g/mol. The number of aromatic nitrogens is 2. The molecule has 2 heterocycles. The maximum atomic E-state index is 12.6. The maximum Gasteiger partial charge on any atom is 0.251 e. The molecule has 1 saturated heterocycles. The molecule has 1 aliphatic heterocycles. The summed E-state index contributed by atoms with van der Waals surface area (Å²) >= 11 is 0. The van der Waals surface area contributed by atoms with E-state index >= 15 is 0 Å². The van der Waals surface area contributed by atoms with Crippen molar-refractivity contribution in [2.45, 2.75) is 63.5 Å². The first kappa shape index (κ1) is 17.3. The lowest BCUT2D eigenvalue weighted by Gasteiger charge is -2.38. The van der Waals surface area contributed by atoms with Crippen LogP contribution in [0, 0.1) is 5.21 Å². The predicted molar refractivity (Wildman–Crippen MR) is 96.5 cm³/mol. The Labute approximate surface area is 152 Å². The molecule has 140 valence electrons. The zero-order chi connectivity index (χ0) is 17.9. The Morgan fingerprint density at radius 2 is 2.00 bits per heavy atom. The molecule has 0 bridgehead atoms. The van der Waals surface area contributed by atoms with Crippen LogP contribution in [0.2, 0.25) is 0 Å². The van der Waals surface area contributed by atoms with Crippen molar-refractivity contribution in [3.63, 3.8) is 0 Å². The van der Waals surface area contributed by atoms with E-state index in [9.17, 15) is 10.0 Å². The summed E-state index contributed by atoms with van der Waals surface area (Å²) in [6.07, 6.45) is 10.1. The molecule has 1 aromatic carbocycles. The summed E-state index contributed by atoms with van der Waals surface area (Å²) in [5, 5.41) is 18.2. The van der Waals surface area contributed by atoms with E-state index in [1.807, 2.05) is 0 Å². The van der Waals surface area contributed by atoms with Crippen molar-refractivity contribution in [3.05, 3.63) is 29.0 Å². The standard InChI is InChI=1S/C19H26N4O3/c24-19(14-9-10-18-17(12-14)21-26-23(18)25)20-15-6-5-11-22(13-15)16-7-3-1-2-4-8-16/h9-10,12,15-16H,1-8,11,13H2,(H,20,24)/t15-/m1/s1. The third-order valence-electron chi connectivity index (χ3n) is 5.78. The first-order chi connectivity index (χ1) is 12.7. The summed E-state index contributed by atoms with van der Waals surface area (Å²) in [5.74, 6) is -0.111. The van der Waals surface area contributed by atoms with E-state index < -0.39 is 0 Å². The van der Waals surface area contributed by atoms with Crippen molar-refractivity contribution >= 4 is 16.9 Å². The minimum Gasteiger partial charge on any atom is -0.359 e. The monoisotopic (exact) mass is 358 g/mol. The number of hydrogen-bond acceptors (Lipinski definition) is 5. The second-order valence-corrected chi connectivity index (χ2v) is 7.59. The van der Waals surface area contributed by atoms with Crippen LogP contribution in [0.5, 0.6) is 0 Å². The molecular formula is C19H26N4O3. The number of fused-ring (bicyclic) bond motifs is 1. The number of hydrogen-bond donors (Lipinski definition) is 1. The van der Waals surface area contributed by atoms with Gasteiger partial charge in [0, 0.05) is 35.4 Å². The molecule has 2 fully saturated rings. The van der Waals surface area contributed by atoms with Crippen LogP contribution in [0.15, 0.2) is 22.8 Å². The van der Waals surface area contributed by atoms with Crippen LogP contribution in [0.3, 0.4) is 0 Å². The number of carbonyl (C=O) groups excluding carboxylic acids is 1. The van der Waals surface area contributed by atoms with Crippen LogP contribution < -0.4 is 10.2 Å². The second kappa shape index (κ2) is 7.61. The van der Waals surface area contributed by atoms with Crippen LogP contribution in [0.4, 0.5) is 0 Å². The zero-order valence-electron chi connectivity index (χ0n) is 15.0. The largest absolute Gasteiger partial charge is 0.359 e. The van der Waals surface area contributed by atoms with Crippen molar-refractivity contribution in [1.29, 1.82) is 0 Å². The van der Waals surface area contributed by atoms with E-state index in [1.165, 1.54) is 38.5 Å². The number of benzene rings is 1. The lowest BCUT2D eigenvalue weighted by molar-refractivity contribution is -0.782. The van der Waals surface area contributed by atoms with Gasteiger partial charge in [0.1, 0.15) is 0 Å². The molecule has 26 heavy (non-hydrogen) atoms. The van der Waals surface area contributed by atoms with Crippen molar-refractivity contribution in [3.8, 4) is 0 Å². The van der Waals surface area contributed by atoms with Gasteiger partial charge in [-0.15, -0.1) is 0 Å². The first-order valence-corrected chi connectivity index (χ1v) is 9.75. The topological polar surface area (TPSA) is 85.3 Å². The highest BCUT2D eigenvalue weighted by Crippen LogP contribution is 2.25. The van der Waals surface area contributed by atoms with Crippen LogP contribution in [-0.2, 0) is 0 Å². The molecule has 2 aliphatic rings. The molecule has 1 aromatic heterocycles. The smallest absolute Gasteiger partial charge is 0.251 e. The third-order valence-corrected chi connectivity index (χ3v) is 5.78. The molecule has 2 aromatic rings. The molecule has 0 spiro atoms. The van der Waals surface area contributed by atoms with E-state index in [1.54, 1.807) is 18.2 Å². The molecule has 4 rings (SSSR count). The number of amides is 1. The molecule has 1 aliphatic carbocycles. The lowest BCUT2D eigenvalue weighted by atomic mass is 9.99. The predicted octanol–water partition coefficient (Wildman–Crippen LogP) is 2.38. The van der Waals surface area contributed by atoms with Gasteiger partial charge in [-0.05, 0) is 49.3 Å². The Hall–Kier alpha value is -2.15. The second-order valence-electron chi connectivity index (χ2n) is 7.59. The van der Waals surface area contributed by atoms with Gasteiger partial charge in [-0.3, -0.25) is 14.3 Å². The maximum absolute atomic E-state index is 12.6. The van der Waals surface area contributed by atoms with Gasteiger partial charge in [0.05, 0.1) is 0 Å². The Morgan fingerprint density at radius 3 is 2.81 bits per heavy atom. The van der Waals surface area contributed by atoms with Gasteiger partial charge in [-0.1, -0.05) is 25.7 Å². The molecule has 1 saturated carbocycles. The molecule has 0 unspecified atom stereocenters. The van der Waals surface area contributed by atoms with Gasteiger partial charge in [0.25, 0.3) is 5.91 Å². The van der Waals surface area contributed by atoms with E-state index in [0.717, 1.165) is 25.9 Å². The highest BCUT2D eigenvalue weighted by Gasteiger charge is 2.27. The fourth-order valence-electron chi connectivity index (χ4n) is 4.36. The lowest BCUT2D eigenvalue weighted by Crippen LogP contribution is -2.50. The van der Waals surface area contributed by atoms with Gasteiger partial charge in [0.15, 0.2) is 0 Å². The number of rotatable bonds is 3. The number of carbonyl (C=O) groups is 1. The van der Waals surface area contributed by atoms with Gasteiger partial charge in [-0.2, -0.15) is 0 Å². The zero-order valence-corrected chi connectivity index (χ0v) is 15.0. The molecule has 1 amide bonds. The average molecular weight is 358 g/mol. The van der Waals surface area contributed by atoms with Crippen LogP contribution in [-0.4, -0.2) is 41.1 Å². The minimum absolute atomic E-state index is 0.111. The molecule has 7 heteroatoms. The fourth-order valence-corrected chi connectivity index (χ4v) is 4.36. The quantitative estimate of drug-likeness (QED) is 0.672. The SMILES string of the molecule is O=C(N[C@@H]1CCCN(C2CCCCCC2)C1)c1ccc2c(c1)no[n+]2[O-]. The molecule has 7 nitrogen and oxygen atoms in total. The fraction of sp³-hybridized carbons (Fsp3) is 0.632. The highest BCUT2D eigenvalue weighted by molar-refractivity contribution is 5.97. The normalized spacial score (nSPS) is 23.0. The van der Waals surface area contributed by atoms with Gasteiger partial charge < -0.3 is 10.5 Å². The molecule has 1 atom stereocenters. The van der Waals surface area contributed by atoms with Gasteiger partial charge in [-0.25, -0.2) is 0 Å². The van der Waals surface area contributed by atoms with Crippen molar-refractivity contribution in [1.82, 2.24) is 15.4 Å². The summed E-state index contributed by atoms with van der Waals surface area (Å²) < 4.78 is 4.56. The summed E-state index contributed by atoms with van der Waals surface area (Å²) in [6.45, 7) is 2.08. The van der Waals surface area contributed by atoms with E-state index in [0.29, 0.717) is 27.5 Å². The van der Waals surface area contributed by atoms with Gasteiger partial charge in [0.2, 0.25) is 11.0 Å². The van der Waals surface area contributed by atoms with Crippen LogP contribution >= 0.6 is 0 Å². The highest BCUT2D eigenvalue weighted by atomic mass is 16.8. The van der Waals surface area contributed by atoms with Crippen LogP contribution in [0.25, 0.3) is 11.0 Å². The number of nitrogens with zero attached hydrogens (tertiary/aromatic N) is 3. The van der Waals surface area contributed by atoms with E-state index in [2.05, 4.69) is 20.0 Å². The Bertz CT molecular complexity index is 767. The number of likely N-dealkylation sites (tertiary alicyclic amines) is 1. The summed E-state index contributed by atoms with van der Waals surface area (Å²) in [5.41, 5.74) is 1.24. The number of piperidine rings is 1. The number of nitrogens with one attached hydrogen (secondary N) is 1. The van der Waals surface area contributed by atoms with Crippen molar-refractivity contribution in [2.24, 2.45) is 0 Å². The van der Waals surface area contributed by atoms with Crippen LogP contribution in [0.1, 0.15) is 61.7 Å². The Morgan fingerprint density at radius 1 is 1.19 bits per heavy atom. The summed E-state index contributed by atoms with van der Waals surface area (Å²) in [6, 6.07) is 5.68. The minimum atomic E-state index is -0.111. The van der Waals surface area contributed by atoms with E-state index in [4.69, 9.17) is 0 Å². The summed E-state index contributed by atoms with van der Waals surface area (Å²) in [7, 11) is 0. The Balaban J connectivity index is 1.39. The third kappa shape index (κ3) is 3.67. The Kier molecular flexibility index (Phi) is 5.06. The average Bonchev–Trinajstić information content (AvgIpc) is 2.86. The first-order valence-electron chi connectivity index (χ1n) is 9.75. The van der Waals surface area contributed by atoms with Crippen molar-refractivity contribution in [2.75, 3.05) is 13.1 Å². The van der Waals surface area contributed by atoms with E-state index in [-0.39, 0.29) is 11.9 Å². The molecule has 1 N–H and O–H groups in total. The van der Waals surface area contributed by atoms with Gasteiger partial charge >= 0.3 is 0 Å². The summed E-state index contributed by atoms with van der Waals surface area (Å²) in [4.78, 5) is 15.6. The van der Waals surface area contributed by atoms with Crippen molar-refractivity contribution < 1.29 is 14.3 Å².